The molecule has 2 aromatic rings. The van der Waals surface area contributed by atoms with E-state index in [-0.39, 0.29) is 5.91 Å². The van der Waals surface area contributed by atoms with Gasteiger partial charge in [0.1, 0.15) is 5.75 Å². The molecule has 0 aliphatic carbocycles. The fourth-order valence-corrected chi connectivity index (χ4v) is 2.53. The molecule has 5 heteroatoms. The van der Waals surface area contributed by atoms with Crippen LogP contribution in [0, 0.1) is 0 Å². The Morgan fingerprint density at radius 1 is 1.17 bits per heavy atom. The monoisotopic (exact) mass is 388 g/mol. The van der Waals surface area contributed by atoms with Crippen molar-refractivity contribution in [3.05, 3.63) is 64.1 Å². The van der Waals surface area contributed by atoms with Crippen LogP contribution >= 0.6 is 15.9 Å². The third-order valence-corrected chi connectivity index (χ3v) is 4.09. The zero-order valence-corrected chi connectivity index (χ0v) is 15.3. The Morgan fingerprint density at radius 2 is 1.92 bits per heavy atom. The van der Waals surface area contributed by atoms with E-state index in [1.54, 1.807) is 12.3 Å². The summed E-state index contributed by atoms with van der Waals surface area (Å²) >= 11 is 3.35. The number of carbonyl (C=O) groups excluding carboxylic acids is 1. The third kappa shape index (κ3) is 5.81. The van der Waals surface area contributed by atoms with E-state index >= 15 is 0 Å². The molecule has 0 aromatic heterocycles. The summed E-state index contributed by atoms with van der Waals surface area (Å²) in [6, 6.07) is 14.8. The Labute approximate surface area is 151 Å². The van der Waals surface area contributed by atoms with Crippen molar-refractivity contribution >= 4 is 28.1 Å². The van der Waals surface area contributed by atoms with E-state index in [0.717, 1.165) is 28.8 Å². The standard InChI is InChI=1S/C19H21BrN2O2/c1-2-3-6-13-24-16-11-9-15(10-12-16)14-21-22-19(23)17-7-4-5-8-18(17)20/h4-5,7-12,14H,2-3,6,13H2,1H3,(H,22,23)/b21-14-. The Bertz CT molecular complexity index is 684. The second kappa shape index (κ2) is 9.88. The van der Waals surface area contributed by atoms with Gasteiger partial charge in [-0.3, -0.25) is 4.79 Å². The molecule has 1 N–H and O–H groups in total. The van der Waals surface area contributed by atoms with Crippen LogP contribution in [0.3, 0.4) is 0 Å². The summed E-state index contributed by atoms with van der Waals surface area (Å²) in [4.78, 5) is 12.0. The predicted octanol–water partition coefficient (Wildman–Crippen LogP) is 4.78. The van der Waals surface area contributed by atoms with Gasteiger partial charge in [-0.15, -0.1) is 0 Å². The van der Waals surface area contributed by atoms with Gasteiger partial charge in [0.05, 0.1) is 18.4 Å². The van der Waals surface area contributed by atoms with Crippen molar-refractivity contribution in [3.63, 3.8) is 0 Å². The van der Waals surface area contributed by atoms with Gasteiger partial charge >= 0.3 is 0 Å². The van der Waals surface area contributed by atoms with E-state index in [4.69, 9.17) is 4.74 Å². The van der Waals surface area contributed by atoms with E-state index < -0.39 is 0 Å². The molecule has 126 valence electrons. The number of rotatable bonds is 8. The molecular formula is C19H21BrN2O2. The maximum Gasteiger partial charge on any atom is 0.272 e. The molecule has 2 rings (SSSR count). The van der Waals surface area contributed by atoms with Gasteiger partial charge in [-0.25, -0.2) is 5.43 Å². The number of ether oxygens (including phenoxy) is 1. The van der Waals surface area contributed by atoms with Crippen molar-refractivity contribution in [2.24, 2.45) is 5.10 Å². The number of hydrogen-bond acceptors (Lipinski definition) is 3. The van der Waals surface area contributed by atoms with Gasteiger partial charge in [0.25, 0.3) is 5.91 Å². The number of amides is 1. The van der Waals surface area contributed by atoms with Crippen LogP contribution < -0.4 is 10.2 Å². The molecule has 0 spiro atoms. The Balaban J connectivity index is 1.84. The zero-order chi connectivity index (χ0) is 17.2. The number of nitrogens with zero attached hydrogens (tertiary/aromatic N) is 1. The first-order valence-electron chi connectivity index (χ1n) is 8.01. The summed E-state index contributed by atoms with van der Waals surface area (Å²) in [5, 5.41) is 3.99. The molecule has 0 unspecified atom stereocenters. The molecular weight excluding hydrogens is 368 g/mol. The molecule has 0 bridgehead atoms. The lowest BCUT2D eigenvalue weighted by Gasteiger charge is -2.05. The molecule has 0 atom stereocenters. The molecule has 0 saturated carbocycles. The van der Waals surface area contributed by atoms with Crippen molar-refractivity contribution in [1.82, 2.24) is 5.43 Å². The first-order valence-corrected chi connectivity index (χ1v) is 8.81. The van der Waals surface area contributed by atoms with Gasteiger partial charge in [-0.2, -0.15) is 5.10 Å². The number of halogens is 1. The molecule has 0 aliphatic heterocycles. The highest BCUT2D eigenvalue weighted by Crippen LogP contribution is 2.15. The lowest BCUT2D eigenvalue weighted by atomic mass is 10.2. The highest BCUT2D eigenvalue weighted by Gasteiger charge is 2.07. The van der Waals surface area contributed by atoms with Crippen LogP contribution in [0.5, 0.6) is 5.75 Å². The lowest BCUT2D eigenvalue weighted by molar-refractivity contribution is 0.0954. The maximum atomic E-state index is 12.0. The minimum Gasteiger partial charge on any atom is -0.494 e. The van der Waals surface area contributed by atoms with E-state index in [2.05, 4.69) is 33.4 Å². The third-order valence-electron chi connectivity index (χ3n) is 3.39. The van der Waals surface area contributed by atoms with Crippen LogP contribution in [-0.4, -0.2) is 18.7 Å². The maximum absolute atomic E-state index is 12.0. The first-order chi connectivity index (χ1) is 11.7. The van der Waals surface area contributed by atoms with Gasteiger partial charge < -0.3 is 4.74 Å². The number of benzene rings is 2. The minimum absolute atomic E-state index is 0.255. The molecule has 0 fully saturated rings. The molecule has 2 aromatic carbocycles. The number of hydrogen-bond donors (Lipinski definition) is 1. The summed E-state index contributed by atoms with van der Waals surface area (Å²) < 4.78 is 6.40. The van der Waals surface area contributed by atoms with Crippen LogP contribution in [0.2, 0.25) is 0 Å². The van der Waals surface area contributed by atoms with Crippen LogP contribution in [0.25, 0.3) is 0 Å². The van der Waals surface area contributed by atoms with Crippen molar-refractivity contribution in [3.8, 4) is 5.75 Å². The van der Waals surface area contributed by atoms with Crippen molar-refractivity contribution < 1.29 is 9.53 Å². The van der Waals surface area contributed by atoms with E-state index in [1.165, 1.54) is 12.8 Å². The van der Waals surface area contributed by atoms with Crippen molar-refractivity contribution in [2.45, 2.75) is 26.2 Å². The van der Waals surface area contributed by atoms with Gasteiger partial charge in [0.2, 0.25) is 0 Å². The highest BCUT2D eigenvalue weighted by molar-refractivity contribution is 9.10. The first kappa shape index (κ1) is 18.2. The normalized spacial score (nSPS) is 10.8. The van der Waals surface area contributed by atoms with Gasteiger partial charge in [0.15, 0.2) is 0 Å². The zero-order valence-electron chi connectivity index (χ0n) is 13.7. The molecule has 0 aliphatic rings. The SMILES string of the molecule is CCCCCOc1ccc(/C=N\NC(=O)c2ccccc2Br)cc1. The highest BCUT2D eigenvalue weighted by atomic mass is 79.9. The average Bonchev–Trinajstić information content (AvgIpc) is 2.60. The summed E-state index contributed by atoms with van der Waals surface area (Å²) in [7, 11) is 0. The average molecular weight is 389 g/mol. The topological polar surface area (TPSA) is 50.7 Å². The molecule has 0 saturated heterocycles. The molecule has 0 radical (unpaired) electrons. The Hall–Kier alpha value is -2.14. The van der Waals surface area contributed by atoms with Gasteiger partial charge in [-0.1, -0.05) is 31.9 Å². The Kier molecular flexibility index (Phi) is 7.49. The molecule has 4 nitrogen and oxygen atoms in total. The van der Waals surface area contributed by atoms with Gasteiger partial charge in [-0.05, 0) is 64.3 Å². The van der Waals surface area contributed by atoms with Crippen molar-refractivity contribution in [2.75, 3.05) is 6.61 Å². The second-order valence-electron chi connectivity index (χ2n) is 5.30. The smallest absolute Gasteiger partial charge is 0.272 e. The van der Waals surface area contributed by atoms with Gasteiger partial charge in [0, 0.05) is 4.47 Å². The largest absolute Gasteiger partial charge is 0.494 e. The Morgan fingerprint density at radius 3 is 2.62 bits per heavy atom. The molecule has 24 heavy (non-hydrogen) atoms. The number of carbonyl (C=O) groups is 1. The quantitative estimate of drug-likeness (QED) is 0.401. The second-order valence-corrected chi connectivity index (χ2v) is 6.16. The molecule has 1 amide bonds. The van der Waals surface area contributed by atoms with Crippen LogP contribution in [-0.2, 0) is 0 Å². The lowest BCUT2D eigenvalue weighted by Crippen LogP contribution is -2.18. The summed E-state index contributed by atoms with van der Waals surface area (Å²) in [6.07, 6.45) is 5.04. The summed E-state index contributed by atoms with van der Waals surface area (Å²) in [5.74, 6) is 0.593. The number of hydrazone groups is 1. The molecule has 0 heterocycles. The summed E-state index contributed by atoms with van der Waals surface area (Å²) in [5.41, 5.74) is 3.96. The number of unbranched alkanes of at least 4 members (excludes halogenated alkanes) is 2. The van der Waals surface area contributed by atoms with E-state index in [9.17, 15) is 4.79 Å². The van der Waals surface area contributed by atoms with Crippen LogP contribution in [0.4, 0.5) is 0 Å². The van der Waals surface area contributed by atoms with E-state index in [0.29, 0.717) is 5.56 Å². The summed E-state index contributed by atoms with van der Waals surface area (Å²) in [6.45, 7) is 2.91. The fourth-order valence-electron chi connectivity index (χ4n) is 2.06. The fraction of sp³-hybridized carbons (Fsp3) is 0.263. The van der Waals surface area contributed by atoms with E-state index in [1.807, 2.05) is 42.5 Å². The van der Waals surface area contributed by atoms with Crippen LogP contribution in [0.15, 0.2) is 58.1 Å². The predicted molar refractivity (Wildman–Crippen MR) is 101 cm³/mol. The van der Waals surface area contributed by atoms with Crippen LogP contribution in [0.1, 0.15) is 42.1 Å². The minimum atomic E-state index is -0.255. The van der Waals surface area contributed by atoms with Crippen molar-refractivity contribution in [1.29, 1.82) is 0 Å². The number of nitrogens with one attached hydrogen (secondary N) is 1.